The Balaban J connectivity index is 2.48. The summed E-state index contributed by atoms with van der Waals surface area (Å²) in [6, 6.07) is 11.6. The van der Waals surface area contributed by atoms with Crippen molar-refractivity contribution in [1.82, 2.24) is 4.57 Å². The fraction of sp³-hybridized carbons (Fsp3) is 0.214. The molecule has 1 heterocycles. The van der Waals surface area contributed by atoms with Crippen LogP contribution in [0.25, 0.3) is 5.69 Å². The highest BCUT2D eigenvalue weighted by Gasteiger charge is 1.99. The third kappa shape index (κ3) is 2.06. The molecule has 0 spiro atoms. The molecule has 0 N–H and O–H groups in total. The van der Waals surface area contributed by atoms with E-state index < -0.39 is 0 Å². The fourth-order valence-corrected chi connectivity index (χ4v) is 1.66. The van der Waals surface area contributed by atoms with Crippen molar-refractivity contribution in [3.05, 3.63) is 64.1 Å². The zero-order valence-corrected chi connectivity index (χ0v) is 9.60. The Morgan fingerprint density at radius 1 is 1.12 bits per heavy atom. The zero-order valence-electron chi connectivity index (χ0n) is 9.60. The van der Waals surface area contributed by atoms with Gasteiger partial charge in [-0.1, -0.05) is 24.6 Å². The van der Waals surface area contributed by atoms with Gasteiger partial charge in [0.1, 0.15) is 0 Å². The van der Waals surface area contributed by atoms with Crippen LogP contribution < -0.4 is 5.56 Å². The molecule has 0 aliphatic rings. The van der Waals surface area contributed by atoms with E-state index in [1.807, 2.05) is 50.4 Å². The molecule has 2 rings (SSSR count). The summed E-state index contributed by atoms with van der Waals surface area (Å²) in [5.74, 6) is 0. The minimum Gasteiger partial charge on any atom is -0.284 e. The maximum Gasteiger partial charge on any atom is 0.255 e. The topological polar surface area (TPSA) is 22.0 Å². The number of hydrogen-bond acceptors (Lipinski definition) is 1. The number of nitrogens with zero attached hydrogens (tertiary/aromatic N) is 1. The molecule has 82 valence electrons. The van der Waals surface area contributed by atoms with Crippen molar-refractivity contribution in [1.29, 1.82) is 0 Å². The van der Waals surface area contributed by atoms with Crippen LogP contribution in [0.2, 0.25) is 0 Å². The van der Waals surface area contributed by atoms with E-state index in [-0.39, 0.29) is 5.56 Å². The summed E-state index contributed by atoms with van der Waals surface area (Å²) in [7, 11) is 0. The van der Waals surface area contributed by atoms with Gasteiger partial charge in [0.05, 0.1) is 0 Å². The molecule has 2 nitrogen and oxygen atoms in total. The van der Waals surface area contributed by atoms with Crippen molar-refractivity contribution in [3.63, 3.8) is 0 Å². The van der Waals surface area contributed by atoms with Crippen LogP contribution in [-0.2, 0) is 6.42 Å². The summed E-state index contributed by atoms with van der Waals surface area (Å²) in [6.45, 7) is 4.08. The van der Waals surface area contributed by atoms with E-state index in [1.165, 1.54) is 5.56 Å². The van der Waals surface area contributed by atoms with E-state index in [0.717, 1.165) is 17.7 Å². The van der Waals surface area contributed by atoms with E-state index in [4.69, 9.17) is 0 Å². The van der Waals surface area contributed by atoms with Crippen LogP contribution >= 0.6 is 0 Å². The monoisotopic (exact) mass is 213 g/mol. The molecule has 0 fully saturated rings. The van der Waals surface area contributed by atoms with Crippen molar-refractivity contribution in [2.45, 2.75) is 20.3 Å². The number of aromatic nitrogens is 1. The van der Waals surface area contributed by atoms with Gasteiger partial charge in [0.25, 0.3) is 5.56 Å². The fourth-order valence-electron chi connectivity index (χ4n) is 1.66. The SMILES string of the molecule is CCc1ccn(-c2ccc(C)cc2)c(=O)c1. The number of aryl methyl sites for hydroxylation is 2. The molecule has 1 aromatic carbocycles. The van der Waals surface area contributed by atoms with Crippen LogP contribution in [0, 0.1) is 6.92 Å². The van der Waals surface area contributed by atoms with Gasteiger partial charge in [-0.15, -0.1) is 0 Å². The Bertz CT molecular complexity index is 537. The summed E-state index contributed by atoms with van der Waals surface area (Å²) < 4.78 is 1.67. The molecule has 0 radical (unpaired) electrons. The smallest absolute Gasteiger partial charge is 0.255 e. The van der Waals surface area contributed by atoms with Gasteiger partial charge in [-0.2, -0.15) is 0 Å². The lowest BCUT2D eigenvalue weighted by molar-refractivity contribution is 0.965. The Labute approximate surface area is 95.2 Å². The average Bonchev–Trinajstić information content (AvgIpc) is 2.30. The second kappa shape index (κ2) is 4.35. The van der Waals surface area contributed by atoms with Crippen LogP contribution in [-0.4, -0.2) is 4.57 Å². The van der Waals surface area contributed by atoms with Crippen LogP contribution in [0.5, 0.6) is 0 Å². The largest absolute Gasteiger partial charge is 0.284 e. The first-order valence-corrected chi connectivity index (χ1v) is 5.49. The number of rotatable bonds is 2. The van der Waals surface area contributed by atoms with E-state index in [9.17, 15) is 4.79 Å². The predicted octanol–water partition coefficient (Wildman–Crippen LogP) is 2.71. The van der Waals surface area contributed by atoms with Crippen molar-refractivity contribution in [2.24, 2.45) is 0 Å². The van der Waals surface area contributed by atoms with Gasteiger partial charge in [-0.25, -0.2) is 0 Å². The third-order valence-corrected chi connectivity index (χ3v) is 2.70. The van der Waals surface area contributed by atoms with E-state index in [2.05, 4.69) is 0 Å². The maximum atomic E-state index is 11.8. The van der Waals surface area contributed by atoms with Gasteiger partial charge in [-0.3, -0.25) is 9.36 Å². The third-order valence-electron chi connectivity index (χ3n) is 2.70. The van der Waals surface area contributed by atoms with Gasteiger partial charge in [-0.05, 0) is 37.1 Å². The highest BCUT2D eigenvalue weighted by atomic mass is 16.1. The lowest BCUT2D eigenvalue weighted by Gasteiger charge is -2.06. The molecule has 0 saturated carbocycles. The number of benzene rings is 1. The Morgan fingerprint density at radius 2 is 1.81 bits per heavy atom. The van der Waals surface area contributed by atoms with Gasteiger partial charge < -0.3 is 0 Å². The maximum absolute atomic E-state index is 11.8. The van der Waals surface area contributed by atoms with E-state index >= 15 is 0 Å². The molecular weight excluding hydrogens is 198 g/mol. The summed E-state index contributed by atoms with van der Waals surface area (Å²) in [5, 5.41) is 0. The van der Waals surface area contributed by atoms with Crippen molar-refractivity contribution >= 4 is 0 Å². The second-order valence-corrected chi connectivity index (χ2v) is 3.93. The standard InChI is InChI=1S/C14H15NO/c1-3-12-8-9-15(14(16)10-12)13-6-4-11(2)5-7-13/h4-10H,3H2,1-2H3. The zero-order chi connectivity index (χ0) is 11.5. The lowest BCUT2D eigenvalue weighted by atomic mass is 10.2. The first-order valence-electron chi connectivity index (χ1n) is 5.49. The van der Waals surface area contributed by atoms with Gasteiger partial charge >= 0.3 is 0 Å². The van der Waals surface area contributed by atoms with Crippen LogP contribution in [0.3, 0.4) is 0 Å². The van der Waals surface area contributed by atoms with Gasteiger partial charge in [0.15, 0.2) is 0 Å². The Morgan fingerprint density at radius 3 is 2.38 bits per heavy atom. The van der Waals surface area contributed by atoms with Crippen molar-refractivity contribution in [2.75, 3.05) is 0 Å². The molecule has 2 aromatic rings. The second-order valence-electron chi connectivity index (χ2n) is 3.93. The molecule has 0 saturated heterocycles. The first kappa shape index (κ1) is 10.7. The Hall–Kier alpha value is -1.83. The molecule has 0 aliphatic carbocycles. The number of pyridine rings is 1. The minimum atomic E-state index is 0.0307. The number of hydrogen-bond donors (Lipinski definition) is 0. The molecule has 0 bridgehead atoms. The quantitative estimate of drug-likeness (QED) is 0.751. The molecule has 2 heteroatoms. The van der Waals surface area contributed by atoms with Gasteiger partial charge in [0, 0.05) is 18.0 Å². The molecule has 1 aromatic heterocycles. The Kier molecular flexibility index (Phi) is 2.91. The molecule has 0 unspecified atom stereocenters. The normalized spacial score (nSPS) is 10.4. The van der Waals surface area contributed by atoms with Crippen LogP contribution in [0.1, 0.15) is 18.1 Å². The van der Waals surface area contributed by atoms with E-state index in [0.29, 0.717) is 0 Å². The molecule has 16 heavy (non-hydrogen) atoms. The van der Waals surface area contributed by atoms with Crippen molar-refractivity contribution < 1.29 is 0 Å². The summed E-state index contributed by atoms with van der Waals surface area (Å²) >= 11 is 0. The molecular formula is C14H15NO. The van der Waals surface area contributed by atoms with Crippen molar-refractivity contribution in [3.8, 4) is 5.69 Å². The predicted molar refractivity (Wildman–Crippen MR) is 66.2 cm³/mol. The lowest BCUT2D eigenvalue weighted by Crippen LogP contribution is -2.16. The summed E-state index contributed by atoms with van der Waals surface area (Å²) in [5.41, 5.74) is 3.22. The average molecular weight is 213 g/mol. The molecule has 0 aliphatic heterocycles. The van der Waals surface area contributed by atoms with Crippen LogP contribution in [0.15, 0.2) is 47.4 Å². The van der Waals surface area contributed by atoms with Gasteiger partial charge in [0.2, 0.25) is 0 Å². The van der Waals surface area contributed by atoms with E-state index in [1.54, 1.807) is 10.6 Å². The highest BCUT2D eigenvalue weighted by molar-refractivity contribution is 5.35. The first-order chi connectivity index (χ1) is 7.70. The summed E-state index contributed by atoms with van der Waals surface area (Å²) in [4.78, 5) is 11.8. The highest BCUT2D eigenvalue weighted by Crippen LogP contribution is 2.07. The van der Waals surface area contributed by atoms with Crippen LogP contribution in [0.4, 0.5) is 0 Å². The molecule has 0 atom stereocenters. The summed E-state index contributed by atoms with van der Waals surface area (Å²) in [6.07, 6.45) is 2.73. The molecule has 0 amide bonds. The minimum absolute atomic E-state index is 0.0307.